The highest BCUT2D eigenvalue weighted by Crippen LogP contribution is 2.35. The van der Waals surface area contributed by atoms with Crippen LogP contribution in [0.5, 0.6) is 0 Å². The van der Waals surface area contributed by atoms with Gasteiger partial charge in [0.2, 0.25) is 0 Å². The number of aryl methyl sites for hydroxylation is 2. The van der Waals surface area contributed by atoms with Gasteiger partial charge in [0.1, 0.15) is 6.10 Å². The fourth-order valence-corrected chi connectivity index (χ4v) is 2.19. The van der Waals surface area contributed by atoms with Crippen molar-refractivity contribution >= 4 is 5.78 Å². The molecule has 1 aromatic carbocycles. The first-order chi connectivity index (χ1) is 7.61. The van der Waals surface area contributed by atoms with Crippen molar-refractivity contribution in [1.29, 1.82) is 0 Å². The highest BCUT2D eigenvalue weighted by Gasteiger charge is 2.36. The molecule has 2 heteroatoms. The fraction of sp³-hybridized carbons (Fsp3) is 0.500. The first-order valence-electron chi connectivity index (χ1n) is 5.77. The topological polar surface area (TPSA) is 26.3 Å². The standard InChI is InChI=1S/C14H18O2/c1-9-6-10(2)8-12(7-9)13(15)14(16-3)11-4-5-11/h6-8,11,14H,4-5H2,1-3H3. The van der Waals surface area contributed by atoms with Gasteiger partial charge in [-0.3, -0.25) is 4.79 Å². The molecular weight excluding hydrogens is 200 g/mol. The summed E-state index contributed by atoms with van der Waals surface area (Å²) in [6, 6.07) is 5.98. The van der Waals surface area contributed by atoms with E-state index in [2.05, 4.69) is 6.07 Å². The van der Waals surface area contributed by atoms with E-state index >= 15 is 0 Å². The van der Waals surface area contributed by atoms with Gasteiger partial charge in [0.15, 0.2) is 5.78 Å². The molecule has 1 unspecified atom stereocenters. The largest absolute Gasteiger partial charge is 0.373 e. The maximum Gasteiger partial charge on any atom is 0.191 e. The molecule has 1 saturated carbocycles. The maximum atomic E-state index is 12.2. The van der Waals surface area contributed by atoms with Gasteiger partial charge in [-0.05, 0) is 44.7 Å². The zero-order chi connectivity index (χ0) is 11.7. The summed E-state index contributed by atoms with van der Waals surface area (Å²) < 4.78 is 5.32. The Morgan fingerprint density at radius 1 is 1.25 bits per heavy atom. The molecule has 1 aliphatic carbocycles. The number of benzene rings is 1. The summed E-state index contributed by atoms with van der Waals surface area (Å²) in [6.45, 7) is 4.03. The van der Waals surface area contributed by atoms with E-state index in [9.17, 15) is 4.79 Å². The van der Waals surface area contributed by atoms with Crippen LogP contribution in [0.4, 0.5) is 0 Å². The molecule has 1 fully saturated rings. The van der Waals surface area contributed by atoms with E-state index in [0.717, 1.165) is 29.5 Å². The quantitative estimate of drug-likeness (QED) is 0.726. The van der Waals surface area contributed by atoms with Crippen molar-refractivity contribution in [2.75, 3.05) is 7.11 Å². The van der Waals surface area contributed by atoms with Gasteiger partial charge in [-0.2, -0.15) is 0 Å². The van der Waals surface area contributed by atoms with E-state index in [4.69, 9.17) is 4.74 Å². The number of carbonyl (C=O) groups excluding carboxylic acids is 1. The molecule has 0 saturated heterocycles. The lowest BCUT2D eigenvalue weighted by molar-refractivity contribution is 0.0539. The minimum absolute atomic E-state index is 0.136. The third-order valence-electron chi connectivity index (χ3n) is 3.07. The SMILES string of the molecule is COC(C(=O)c1cc(C)cc(C)c1)C1CC1. The molecule has 0 heterocycles. The highest BCUT2D eigenvalue weighted by atomic mass is 16.5. The summed E-state index contributed by atoms with van der Waals surface area (Å²) in [5.74, 6) is 0.579. The zero-order valence-electron chi connectivity index (χ0n) is 10.1. The van der Waals surface area contributed by atoms with Crippen molar-refractivity contribution in [3.05, 3.63) is 34.9 Å². The van der Waals surface area contributed by atoms with Crippen molar-refractivity contribution in [3.63, 3.8) is 0 Å². The predicted molar refractivity (Wildman–Crippen MR) is 63.8 cm³/mol. The van der Waals surface area contributed by atoms with Gasteiger partial charge < -0.3 is 4.74 Å². The number of ether oxygens (including phenoxy) is 1. The average Bonchev–Trinajstić information content (AvgIpc) is 3.01. The van der Waals surface area contributed by atoms with Gasteiger partial charge in [0.05, 0.1) is 0 Å². The molecule has 0 bridgehead atoms. The van der Waals surface area contributed by atoms with Crippen molar-refractivity contribution < 1.29 is 9.53 Å². The third-order valence-corrected chi connectivity index (χ3v) is 3.07. The molecule has 0 spiro atoms. The number of ketones is 1. The van der Waals surface area contributed by atoms with Crippen molar-refractivity contribution in [2.45, 2.75) is 32.8 Å². The van der Waals surface area contributed by atoms with Crippen molar-refractivity contribution in [1.82, 2.24) is 0 Å². The van der Waals surface area contributed by atoms with E-state index in [1.807, 2.05) is 26.0 Å². The Balaban J connectivity index is 2.24. The molecule has 1 aliphatic rings. The van der Waals surface area contributed by atoms with Gasteiger partial charge in [-0.1, -0.05) is 17.2 Å². The summed E-state index contributed by atoms with van der Waals surface area (Å²) in [7, 11) is 1.63. The molecule has 0 radical (unpaired) electrons. The number of Topliss-reactive ketones (excluding diaryl/α,β-unsaturated/α-hetero) is 1. The highest BCUT2D eigenvalue weighted by molar-refractivity contribution is 6.00. The Hall–Kier alpha value is -1.15. The number of hydrogen-bond donors (Lipinski definition) is 0. The first-order valence-corrected chi connectivity index (χ1v) is 5.77. The monoisotopic (exact) mass is 218 g/mol. The maximum absolute atomic E-state index is 12.2. The second-order valence-corrected chi connectivity index (χ2v) is 4.73. The minimum atomic E-state index is -0.235. The summed E-state index contributed by atoms with van der Waals surface area (Å²) >= 11 is 0. The molecule has 2 nitrogen and oxygen atoms in total. The first kappa shape index (κ1) is 11.3. The molecule has 86 valence electrons. The molecule has 2 rings (SSSR count). The van der Waals surface area contributed by atoms with Gasteiger partial charge >= 0.3 is 0 Å². The van der Waals surface area contributed by atoms with Gasteiger partial charge in [0.25, 0.3) is 0 Å². The minimum Gasteiger partial charge on any atom is -0.373 e. The molecule has 0 amide bonds. The summed E-state index contributed by atoms with van der Waals surface area (Å²) in [5, 5.41) is 0. The van der Waals surface area contributed by atoms with Gasteiger partial charge in [-0.15, -0.1) is 0 Å². The van der Waals surface area contributed by atoms with Crippen molar-refractivity contribution in [3.8, 4) is 0 Å². The number of carbonyl (C=O) groups is 1. The van der Waals surface area contributed by atoms with Crippen LogP contribution in [0, 0.1) is 19.8 Å². The van der Waals surface area contributed by atoms with Crippen LogP contribution in [0.15, 0.2) is 18.2 Å². The van der Waals surface area contributed by atoms with Crippen LogP contribution in [0.3, 0.4) is 0 Å². The van der Waals surface area contributed by atoms with E-state index in [-0.39, 0.29) is 11.9 Å². The van der Waals surface area contributed by atoms with Crippen LogP contribution in [-0.2, 0) is 4.74 Å². The number of methoxy groups -OCH3 is 1. The second kappa shape index (κ2) is 4.38. The fourth-order valence-electron chi connectivity index (χ4n) is 2.19. The van der Waals surface area contributed by atoms with Crippen molar-refractivity contribution in [2.24, 2.45) is 5.92 Å². The Morgan fingerprint density at radius 3 is 2.25 bits per heavy atom. The second-order valence-electron chi connectivity index (χ2n) is 4.73. The third kappa shape index (κ3) is 2.33. The zero-order valence-corrected chi connectivity index (χ0v) is 10.1. The van der Waals surface area contributed by atoms with Crippen LogP contribution in [0.25, 0.3) is 0 Å². The van der Waals surface area contributed by atoms with Crippen LogP contribution >= 0.6 is 0 Å². The van der Waals surface area contributed by atoms with Crippen LogP contribution in [0.1, 0.15) is 34.3 Å². The summed E-state index contributed by atoms with van der Waals surface area (Å²) in [6.07, 6.45) is 2.01. The molecule has 0 N–H and O–H groups in total. The van der Waals surface area contributed by atoms with E-state index in [1.54, 1.807) is 7.11 Å². The van der Waals surface area contributed by atoms with Crippen LogP contribution < -0.4 is 0 Å². The molecule has 0 aliphatic heterocycles. The molecular formula is C14H18O2. The molecule has 1 aromatic rings. The number of rotatable bonds is 4. The lowest BCUT2D eigenvalue weighted by Gasteiger charge is -2.13. The average molecular weight is 218 g/mol. The number of hydrogen-bond acceptors (Lipinski definition) is 2. The smallest absolute Gasteiger partial charge is 0.191 e. The normalized spacial score (nSPS) is 17.2. The lowest BCUT2D eigenvalue weighted by Crippen LogP contribution is -2.25. The Kier molecular flexibility index (Phi) is 3.10. The van der Waals surface area contributed by atoms with E-state index in [1.165, 1.54) is 0 Å². The molecule has 1 atom stereocenters. The molecule has 16 heavy (non-hydrogen) atoms. The van der Waals surface area contributed by atoms with Gasteiger partial charge in [-0.25, -0.2) is 0 Å². The Bertz CT molecular complexity index is 385. The summed E-state index contributed by atoms with van der Waals surface area (Å²) in [4.78, 5) is 12.2. The van der Waals surface area contributed by atoms with Crippen LogP contribution in [0.2, 0.25) is 0 Å². The van der Waals surface area contributed by atoms with Crippen LogP contribution in [-0.4, -0.2) is 19.0 Å². The Morgan fingerprint density at radius 2 is 1.81 bits per heavy atom. The Labute approximate surface area is 96.6 Å². The summed E-state index contributed by atoms with van der Waals surface area (Å²) in [5.41, 5.74) is 3.05. The predicted octanol–water partition coefficient (Wildman–Crippen LogP) is 2.91. The van der Waals surface area contributed by atoms with Gasteiger partial charge in [0, 0.05) is 12.7 Å². The lowest BCUT2D eigenvalue weighted by atomic mass is 9.99. The van der Waals surface area contributed by atoms with E-state index < -0.39 is 0 Å². The molecule has 0 aromatic heterocycles. The van der Waals surface area contributed by atoms with E-state index in [0.29, 0.717) is 5.92 Å².